The number of anilines is 1. The SMILES string of the molecule is O=C(O)CCNc1cc(C(=O)NC2CC2)c2ccccc2n1. The lowest BCUT2D eigenvalue weighted by Gasteiger charge is -2.11. The smallest absolute Gasteiger partial charge is 0.305 e. The zero-order valence-electron chi connectivity index (χ0n) is 12.0. The first-order chi connectivity index (χ1) is 10.6. The minimum Gasteiger partial charge on any atom is -0.481 e. The van der Waals surface area contributed by atoms with Gasteiger partial charge in [-0.2, -0.15) is 0 Å². The summed E-state index contributed by atoms with van der Waals surface area (Å²) in [6.45, 7) is 0.268. The van der Waals surface area contributed by atoms with E-state index in [1.54, 1.807) is 6.07 Å². The lowest BCUT2D eigenvalue weighted by molar-refractivity contribution is -0.136. The van der Waals surface area contributed by atoms with Gasteiger partial charge in [-0.3, -0.25) is 9.59 Å². The standard InChI is InChI=1S/C16H17N3O3/c20-15(21)7-8-17-14-9-12(16(22)18-10-5-6-10)11-3-1-2-4-13(11)19-14/h1-4,9-10H,5-8H2,(H,17,19)(H,18,22)(H,20,21). The number of nitrogens with zero attached hydrogens (tertiary/aromatic N) is 1. The van der Waals surface area contributed by atoms with Crippen molar-refractivity contribution < 1.29 is 14.7 Å². The fourth-order valence-corrected chi connectivity index (χ4v) is 2.24. The molecule has 114 valence electrons. The van der Waals surface area contributed by atoms with Crippen LogP contribution < -0.4 is 10.6 Å². The Hall–Kier alpha value is -2.63. The van der Waals surface area contributed by atoms with Crippen LogP contribution >= 0.6 is 0 Å². The third-order valence-corrected chi connectivity index (χ3v) is 3.52. The van der Waals surface area contributed by atoms with Crippen LogP contribution in [0.5, 0.6) is 0 Å². The Morgan fingerprint density at radius 1 is 1.27 bits per heavy atom. The van der Waals surface area contributed by atoms with Crippen LogP contribution in [0.25, 0.3) is 10.9 Å². The van der Waals surface area contributed by atoms with E-state index < -0.39 is 5.97 Å². The van der Waals surface area contributed by atoms with Gasteiger partial charge in [0.15, 0.2) is 0 Å². The summed E-state index contributed by atoms with van der Waals surface area (Å²) in [5.74, 6) is -0.469. The summed E-state index contributed by atoms with van der Waals surface area (Å²) in [7, 11) is 0. The highest BCUT2D eigenvalue weighted by Crippen LogP contribution is 2.23. The number of carboxylic acids is 1. The van der Waals surface area contributed by atoms with Crippen LogP contribution in [0, 0.1) is 0 Å². The molecule has 0 aliphatic heterocycles. The third kappa shape index (κ3) is 3.33. The first-order valence-corrected chi connectivity index (χ1v) is 7.30. The number of rotatable bonds is 6. The van der Waals surface area contributed by atoms with Crippen molar-refractivity contribution in [2.45, 2.75) is 25.3 Å². The van der Waals surface area contributed by atoms with E-state index in [0.717, 1.165) is 18.2 Å². The van der Waals surface area contributed by atoms with Crippen LogP contribution in [-0.4, -0.2) is 34.6 Å². The zero-order chi connectivity index (χ0) is 15.5. The molecule has 0 saturated heterocycles. The third-order valence-electron chi connectivity index (χ3n) is 3.52. The molecule has 0 spiro atoms. The molecule has 1 aliphatic rings. The average molecular weight is 299 g/mol. The van der Waals surface area contributed by atoms with Gasteiger partial charge in [-0.15, -0.1) is 0 Å². The lowest BCUT2D eigenvalue weighted by atomic mass is 10.1. The molecule has 6 heteroatoms. The van der Waals surface area contributed by atoms with Crippen LogP contribution in [-0.2, 0) is 4.79 Å². The van der Waals surface area contributed by atoms with Crippen LogP contribution in [0.1, 0.15) is 29.6 Å². The van der Waals surface area contributed by atoms with E-state index in [9.17, 15) is 9.59 Å². The van der Waals surface area contributed by atoms with E-state index in [4.69, 9.17) is 5.11 Å². The highest BCUT2D eigenvalue weighted by Gasteiger charge is 2.24. The van der Waals surface area contributed by atoms with Gasteiger partial charge in [-0.05, 0) is 25.0 Å². The second kappa shape index (κ2) is 6.01. The second-order valence-corrected chi connectivity index (χ2v) is 5.39. The van der Waals surface area contributed by atoms with E-state index in [-0.39, 0.29) is 24.9 Å². The zero-order valence-corrected chi connectivity index (χ0v) is 12.0. The molecule has 1 aliphatic carbocycles. The maximum absolute atomic E-state index is 12.4. The summed E-state index contributed by atoms with van der Waals surface area (Å²) in [5.41, 5.74) is 1.28. The summed E-state index contributed by atoms with van der Waals surface area (Å²) in [6.07, 6.45) is 2.05. The molecule has 1 amide bonds. The number of carbonyl (C=O) groups excluding carboxylic acids is 1. The molecule has 0 unspecified atom stereocenters. The molecule has 1 aromatic heterocycles. The normalized spacial score (nSPS) is 13.8. The predicted molar refractivity (Wildman–Crippen MR) is 83.0 cm³/mol. The molecule has 0 bridgehead atoms. The summed E-state index contributed by atoms with van der Waals surface area (Å²) < 4.78 is 0. The monoisotopic (exact) mass is 299 g/mol. The fraction of sp³-hybridized carbons (Fsp3) is 0.312. The van der Waals surface area contributed by atoms with Crippen LogP contribution in [0.15, 0.2) is 30.3 Å². The van der Waals surface area contributed by atoms with E-state index in [1.165, 1.54) is 0 Å². The largest absolute Gasteiger partial charge is 0.481 e. The average Bonchev–Trinajstić information content (AvgIpc) is 3.30. The van der Waals surface area contributed by atoms with Crippen molar-refractivity contribution in [3.63, 3.8) is 0 Å². The number of aromatic nitrogens is 1. The van der Waals surface area contributed by atoms with Gasteiger partial charge in [0.05, 0.1) is 17.5 Å². The number of fused-ring (bicyclic) bond motifs is 1. The Labute approximate surface area is 127 Å². The highest BCUT2D eigenvalue weighted by molar-refractivity contribution is 6.07. The molecule has 3 N–H and O–H groups in total. The summed E-state index contributed by atoms with van der Waals surface area (Å²) >= 11 is 0. The quantitative estimate of drug-likeness (QED) is 0.759. The fourth-order valence-electron chi connectivity index (χ4n) is 2.24. The number of pyridine rings is 1. The van der Waals surface area contributed by atoms with Crippen molar-refractivity contribution in [2.75, 3.05) is 11.9 Å². The number of hydrogen-bond donors (Lipinski definition) is 3. The number of amides is 1. The summed E-state index contributed by atoms with van der Waals surface area (Å²) in [5, 5.41) is 15.4. The number of carbonyl (C=O) groups is 2. The molecule has 1 saturated carbocycles. The molecule has 3 rings (SSSR count). The van der Waals surface area contributed by atoms with Gasteiger partial charge in [0, 0.05) is 18.0 Å². The first-order valence-electron chi connectivity index (χ1n) is 7.30. The molecule has 1 aromatic carbocycles. The Bertz CT molecular complexity index is 726. The molecule has 0 atom stereocenters. The van der Waals surface area contributed by atoms with E-state index in [1.807, 2.05) is 24.3 Å². The van der Waals surface area contributed by atoms with E-state index in [2.05, 4.69) is 15.6 Å². The minimum atomic E-state index is -0.875. The van der Waals surface area contributed by atoms with Gasteiger partial charge >= 0.3 is 5.97 Å². The van der Waals surface area contributed by atoms with Crippen molar-refractivity contribution in [3.05, 3.63) is 35.9 Å². The second-order valence-electron chi connectivity index (χ2n) is 5.39. The van der Waals surface area contributed by atoms with E-state index in [0.29, 0.717) is 16.9 Å². The Morgan fingerprint density at radius 3 is 2.77 bits per heavy atom. The van der Waals surface area contributed by atoms with Gasteiger partial charge < -0.3 is 15.7 Å². The van der Waals surface area contributed by atoms with Crippen molar-refractivity contribution in [2.24, 2.45) is 0 Å². The van der Waals surface area contributed by atoms with Gasteiger partial charge in [0.25, 0.3) is 5.91 Å². The molecule has 2 aromatic rings. The van der Waals surface area contributed by atoms with Gasteiger partial charge in [0.2, 0.25) is 0 Å². The Balaban J connectivity index is 1.89. The predicted octanol–water partition coefficient (Wildman–Crippen LogP) is 2.01. The Kier molecular flexibility index (Phi) is 3.91. The first kappa shape index (κ1) is 14.3. The molecule has 0 radical (unpaired) electrons. The summed E-state index contributed by atoms with van der Waals surface area (Å²) in [6, 6.07) is 9.40. The van der Waals surface area contributed by atoms with Gasteiger partial charge in [-0.1, -0.05) is 18.2 Å². The van der Waals surface area contributed by atoms with Crippen molar-refractivity contribution in [1.29, 1.82) is 0 Å². The van der Waals surface area contributed by atoms with Crippen LogP contribution in [0.3, 0.4) is 0 Å². The van der Waals surface area contributed by atoms with Crippen LogP contribution in [0.2, 0.25) is 0 Å². The van der Waals surface area contributed by atoms with E-state index >= 15 is 0 Å². The van der Waals surface area contributed by atoms with Crippen molar-refractivity contribution in [3.8, 4) is 0 Å². The molecule has 22 heavy (non-hydrogen) atoms. The number of carboxylic acid groups (broad SMARTS) is 1. The lowest BCUT2D eigenvalue weighted by Crippen LogP contribution is -2.25. The number of para-hydroxylation sites is 1. The summed E-state index contributed by atoms with van der Waals surface area (Å²) in [4.78, 5) is 27.4. The molecular weight excluding hydrogens is 282 g/mol. The molecule has 6 nitrogen and oxygen atoms in total. The number of hydrogen-bond acceptors (Lipinski definition) is 4. The topological polar surface area (TPSA) is 91.3 Å². The van der Waals surface area contributed by atoms with Crippen molar-refractivity contribution in [1.82, 2.24) is 10.3 Å². The Morgan fingerprint density at radius 2 is 2.05 bits per heavy atom. The van der Waals surface area contributed by atoms with Crippen LogP contribution in [0.4, 0.5) is 5.82 Å². The number of nitrogens with one attached hydrogen (secondary N) is 2. The maximum Gasteiger partial charge on any atom is 0.305 e. The molecular formula is C16H17N3O3. The highest BCUT2D eigenvalue weighted by atomic mass is 16.4. The number of benzene rings is 1. The maximum atomic E-state index is 12.4. The number of aliphatic carboxylic acids is 1. The minimum absolute atomic E-state index is 0.00187. The van der Waals surface area contributed by atoms with Crippen molar-refractivity contribution >= 4 is 28.6 Å². The van der Waals surface area contributed by atoms with Gasteiger partial charge in [-0.25, -0.2) is 4.98 Å². The van der Waals surface area contributed by atoms with Gasteiger partial charge in [0.1, 0.15) is 5.82 Å². The molecule has 1 heterocycles. The molecule has 1 fully saturated rings.